The number of thiol groups is 1. The maximum atomic E-state index is 5.51. The summed E-state index contributed by atoms with van der Waals surface area (Å²) >= 11 is 4.34. The molecule has 33 heavy (non-hydrogen) atoms. The van der Waals surface area contributed by atoms with E-state index in [9.17, 15) is 0 Å². The number of aromatic amines is 1. The molecule has 2 aromatic heterocycles. The van der Waals surface area contributed by atoms with E-state index < -0.39 is 0 Å². The third-order valence-corrected chi connectivity index (χ3v) is 5.07. The van der Waals surface area contributed by atoms with E-state index in [1.807, 2.05) is 55.5 Å². The number of hydrogen-bond donors (Lipinski definition) is 4. The first-order chi connectivity index (χ1) is 16.0. The number of rotatable bonds is 8. The number of nitrogens with zero attached hydrogens (tertiary/aromatic N) is 3. The van der Waals surface area contributed by atoms with Crippen LogP contribution in [0, 0.1) is 6.92 Å². The fourth-order valence-corrected chi connectivity index (χ4v) is 3.38. The van der Waals surface area contributed by atoms with E-state index in [2.05, 4.69) is 38.4 Å². The van der Waals surface area contributed by atoms with Crippen LogP contribution in [0.3, 0.4) is 0 Å². The van der Waals surface area contributed by atoms with Gasteiger partial charge in [-0.05, 0) is 43.3 Å². The molecule has 2 aromatic carbocycles. The van der Waals surface area contributed by atoms with E-state index >= 15 is 0 Å². The predicted molar refractivity (Wildman–Crippen MR) is 131 cm³/mol. The number of benzene rings is 2. The van der Waals surface area contributed by atoms with E-state index in [0.717, 1.165) is 21.8 Å². The second-order valence-electron chi connectivity index (χ2n) is 7.11. The zero-order valence-electron chi connectivity index (χ0n) is 18.6. The van der Waals surface area contributed by atoms with Crippen LogP contribution in [0.1, 0.15) is 5.69 Å². The predicted octanol–water partition coefficient (Wildman–Crippen LogP) is 4.98. The molecule has 0 aliphatic carbocycles. The fourth-order valence-electron chi connectivity index (χ4n) is 3.23. The van der Waals surface area contributed by atoms with Crippen LogP contribution in [0.4, 0.5) is 23.3 Å². The highest BCUT2D eigenvalue weighted by atomic mass is 32.1. The molecule has 0 bridgehead atoms. The van der Waals surface area contributed by atoms with Crippen LogP contribution in [0.2, 0.25) is 0 Å². The Hall–Kier alpha value is -3.92. The van der Waals surface area contributed by atoms with Crippen LogP contribution in [0.25, 0.3) is 11.3 Å². The van der Waals surface area contributed by atoms with Crippen LogP contribution < -0.4 is 24.8 Å². The lowest BCUT2D eigenvalue weighted by molar-refractivity contribution is 0.324. The van der Waals surface area contributed by atoms with E-state index in [0.29, 0.717) is 40.5 Å². The van der Waals surface area contributed by atoms with Gasteiger partial charge in [0.1, 0.15) is 5.82 Å². The Morgan fingerprint density at radius 1 is 0.818 bits per heavy atom. The lowest BCUT2D eigenvalue weighted by Crippen LogP contribution is -2.03. The van der Waals surface area contributed by atoms with Gasteiger partial charge in [0, 0.05) is 34.0 Å². The lowest BCUT2D eigenvalue weighted by Gasteiger charge is -2.15. The van der Waals surface area contributed by atoms with Crippen molar-refractivity contribution < 1.29 is 14.2 Å². The van der Waals surface area contributed by atoms with Gasteiger partial charge in [0.2, 0.25) is 11.7 Å². The third-order valence-electron chi connectivity index (χ3n) is 4.77. The Labute approximate surface area is 196 Å². The molecular formula is C23H24N6O3S. The number of H-pyrrole nitrogens is 1. The first kappa shape index (κ1) is 22.3. The standard InChI is InChI=1S/C23H24N6O3S/c1-13-9-21(29-28-13)26-20-12-17(14-10-18(30-2)22(32-4)19(11-14)31-3)25-23(27-20)24-15-5-7-16(33)8-6-15/h5-12,33H,1-4H3,(H3,24,25,26,27,28,29). The number of anilines is 4. The largest absolute Gasteiger partial charge is 0.493 e. The van der Waals surface area contributed by atoms with E-state index in [4.69, 9.17) is 19.2 Å². The number of hydrogen-bond acceptors (Lipinski definition) is 9. The second kappa shape index (κ2) is 9.70. The van der Waals surface area contributed by atoms with E-state index in [1.165, 1.54) is 0 Å². The molecule has 0 saturated carbocycles. The van der Waals surface area contributed by atoms with Crippen molar-refractivity contribution in [2.24, 2.45) is 0 Å². The minimum Gasteiger partial charge on any atom is -0.493 e. The Balaban J connectivity index is 1.79. The fraction of sp³-hybridized carbons (Fsp3) is 0.174. The van der Waals surface area contributed by atoms with Crippen molar-refractivity contribution in [2.75, 3.05) is 32.0 Å². The Morgan fingerprint density at radius 2 is 1.52 bits per heavy atom. The van der Waals surface area contributed by atoms with Gasteiger partial charge < -0.3 is 24.8 Å². The second-order valence-corrected chi connectivity index (χ2v) is 7.63. The monoisotopic (exact) mass is 464 g/mol. The summed E-state index contributed by atoms with van der Waals surface area (Å²) in [7, 11) is 4.72. The first-order valence-corrected chi connectivity index (χ1v) is 10.5. The summed E-state index contributed by atoms with van der Waals surface area (Å²) in [5.41, 5.74) is 3.17. The molecule has 2 heterocycles. The number of aromatic nitrogens is 4. The van der Waals surface area contributed by atoms with Crippen molar-refractivity contribution in [2.45, 2.75) is 11.8 Å². The molecule has 0 spiro atoms. The molecule has 0 aliphatic heterocycles. The quantitative estimate of drug-likeness (QED) is 0.271. The van der Waals surface area contributed by atoms with Crippen molar-refractivity contribution >= 4 is 35.9 Å². The van der Waals surface area contributed by atoms with Crippen molar-refractivity contribution in [3.63, 3.8) is 0 Å². The average molecular weight is 465 g/mol. The summed E-state index contributed by atoms with van der Waals surface area (Å²) in [5, 5.41) is 13.6. The number of aryl methyl sites for hydroxylation is 1. The minimum atomic E-state index is 0.405. The number of methoxy groups -OCH3 is 3. The summed E-state index contributed by atoms with van der Waals surface area (Å²) in [6.45, 7) is 1.93. The molecule has 170 valence electrons. The first-order valence-electron chi connectivity index (χ1n) is 10.0. The van der Waals surface area contributed by atoms with Crippen LogP contribution >= 0.6 is 12.6 Å². The van der Waals surface area contributed by atoms with Gasteiger partial charge in [-0.2, -0.15) is 10.1 Å². The lowest BCUT2D eigenvalue weighted by atomic mass is 10.1. The molecule has 0 unspecified atom stereocenters. The van der Waals surface area contributed by atoms with Gasteiger partial charge in [0.05, 0.1) is 27.0 Å². The van der Waals surface area contributed by atoms with Crippen LogP contribution in [-0.2, 0) is 0 Å². The smallest absolute Gasteiger partial charge is 0.229 e. The summed E-state index contributed by atoms with van der Waals surface area (Å²) in [4.78, 5) is 10.2. The van der Waals surface area contributed by atoms with Crippen molar-refractivity contribution in [1.29, 1.82) is 0 Å². The molecule has 9 nitrogen and oxygen atoms in total. The molecule has 0 amide bonds. The maximum absolute atomic E-state index is 5.51. The zero-order chi connectivity index (χ0) is 23.4. The van der Waals surface area contributed by atoms with E-state index in [-0.39, 0.29) is 0 Å². The topological polar surface area (TPSA) is 106 Å². The van der Waals surface area contributed by atoms with Crippen molar-refractivity contribution in [1.82, 2.24) is 20.2 Å². The molecule has 10 heteroatoms. The highest BCUT2D eigenvalue weighted by Gasteiger charge is 2.16. The molecule has 0 saturated heterocycles. The minimum absolute atomic E-state index is 0.405. The van der Waals surface area contributed by atoms with E-state index in [1.54, 1.807) is 21.3 Å². The maximum Gasteiger partial charge on any atom is 0.229 e. The highest BCUT2D eigenvalue weighted by Crippen LogP contribution is 2.41. The van der Waals surface area contributed by atoms with Crippen LogP contribution in [-0.4, -0.2) is 41.5 Å². The molecular weight excluding hydrogens is 440 g/mol. The average Bonchev–Trinajstić information content (AvgIpc) is 3.23. The number of nitrogens with one attached hydrogen (secondary N) is 3. The molecule has 0 aliphatic rings. The van der Waals surface area contributed by atoms with Crippen LogP contribution in [0.5, 0.6) is 17.2 Å². The van der Waals surface area contributed by atoms with Crippen LogP contribution in [0.15, 0.2) is 53.4 Å². The van der Waals surface area contributed by atoms with Gasteiger partial charge >= 0.3 is 0 Å². The van der Waals surface area contributed by atoms with Gasteiger partial charge in [-0.15, -0.1) is 12.6 Å². The summed E-state index contributed by atoms with van der Waals surface area (Å²) in [5.74, 6) is 3.18. The number of ether oxygens (including phenoxy) is 3. The molecule has 0 atom stereocenters. The van der Waals surface area contributed by atoms with Crippen molar-refractivity contribution in [3.05, 3.63) is 54.2 Å². The van der Waals surface area contributed by atoms with Gasteiger partial charge in [0.15, 0.2) is 17.3 Å². The zero-order valence-corrected chi connectivity index (χ0v) is 19.5. The molecule has 4 rings (SSSR count). The molecule has 3 N–H and O–H groups in total. The van der Waals surface area contributed by atoms with Gasteiger partial charge in [-0.1, -0.05) is 0 Å². The van der Waals surface area contributed by atoms with Gasteiger partial charge in [0.25, 0.3) is 0 Å². The van der Waals surface area contributed by atoms with Gasteiger partial charge in [-0.25, -0.2) is 4.98 Å². The molecule has 0 radical (unpaired) electrons. The molecule has 4 aromatic rings. The van der Waals surface area contributed by atoms with Crippen molar-refractivity contribution in [3.8, 4) is 28.5 Å². The molecule has 0 fully saturated rings. The Kier molecular flexibility index (Phi) is 6.55. The van der Waals surface area contributed by atoms with Gasteiger partial charge in [-0.3, -0.25) is 5.10 Å². The highest BCUT2D eigenvalue weighted by molar-refractivity contribution is 7.80. The SMILES string of the molecule is COc1cc(-c2cc(Nc3cc(C)[nH]n3)nc(Nc3ccc(S)cc3)n2)cc(OC)c1OC. The Bertz CT molecular complexity index is 1230. The summed E-state index contributed by atoms with van der Waals surface area (Å²) in [6.07, 6.45) is 0. The third kappa shape index (κ3) is 5.12. The summed E-state index contributed by atoms with van der Waals surface area (Å²) in [6, 6.07) is 15.0. The Morgan fingerprint density at radius 3 is 2.09 bits per heavy atom. The normalized spacial score (nSPS) is 10.6. The summed E-state index contributed by atoms with van der Waals surface area (Å²) < 4.78 is 16.5.